The van der Waals surface area contributed by atoms with E-state index in [4.69, 9.17) is 75.6 Å². The lowest BCUT2D eigenvalue weighted by Gasteiger charge is -2.51. The number of ether oxygens (including phenoxy) is 15. The molecule has 8 rings (SSSR count). The fourth-order valence-electron chi connectivity index (χ4n) is 13.5. The molecule has 0 bridgehead atoms. The molecular formula is C56H86N4O57S4. The predicted molar refractivity (Wildman–Crippen MR) is 355 cm³/mol. The summed E-state index contributed by atoms with van der Waals surface area (Å²) in [6, 6.07) is -9.04. The number of aliphatic hydroxyl groups excluding tert-OH is 14. The highest BCUT2D eigenvalue weighted by Gasteiger charge is 2.63. The van der Waals surface area contributed by atoms with Gasteiger partial charge in [0.25, 0.3) is 0 Å². The van der Waals surface area contributed by atoms with Crippen molar-refractivity contribution in [2.24, 2.45) is 0 Å². The van der Waals surface area contributed by atoms with Gasteiger partial charge < -0.3 is 184 Å². The van der Waals surface area contributed by atoms with Crippen LogP contribution in [0.4, 0.5) is 0 Å². The molecule has 0 aromatic carbocycles. The van der Waals surface area contributed by atoms with Crippen LogP contribution in [0.2, 0.25) is 0 Å². The molecule has 40 atom stereocenters. The van der Waals surface area contributed by atoms with Crippen LogP contribution in [0, 0.1) is 0 Å². The summed E-state index contributed by atoms with van der Waals surface area (Å²) in [5.41, 5.74) is 0. The van der Waals surface area contributed by atoms with E-state index in [0.717, 1.165) is 13.8 Å². The maximum absolute atomic E-state index is 13.4. The maximum atomic E-state index is 13.4. The van der Waals surface area contributed by atoms with Gasteiger partial charge in [0, 0.05) is 27.7 Å². The molecular weight excluding hydrogens is 1770 g/mol. The van der Waals surface area contributed by atoms with Crippen molar-refractivity contribution in [3.63, 3.8) is 0 Å². The van der Waals surface area contributed by atoms with Gasteiger partial charge in [0.15, 0.2) is 74.7 Å². The van der Waals surface area contributed by atoms with E-state index in [0.29, 0.717) is 13.8 Å². The third kappa shape index (κ3) is 25.3. The highest BCUT2D eigenvalue weighted by atomic mass is 32.3. The molecule has 0 radical (unpaired) electrons. The van der Waals surface area contributed by atoms with Gasteiger partial charge in [0.2, 0.25) is 23.6 Å². The van der Waals surface area contributed by atoms with E-state index in [1.807, 2.05) is 0 Å². The van der Waals surface area contributed by atoms with Crippen LogP contribution < -0.4 is 21.3 Å². The number of hydrogen-bond donors (Lipinski definition) is 26. The van der Waals surface area contributed by atoms with Crippen molar-refractivity contribution < 1.29 is 270 Å². The molecule has 8 aliphatic rings. The van der Waals surface area contributed by atoms with E-state index in [-0.39, 0.29) is 0 Å². The molecule has 696 valence electrons. The van der Waals surface area contributed by atoms with Gasteiger partial charge in [-0.3, -0.25) is 37.4 Å². The second-order valence-corrected chi connectivity index (χ2v) is 31.9. The lowest BCUT2D eigenvalue weighted by molar-refractivity contribution is -0.380. The Morgan fingerprint density at radius 3 is 0.694 bits per heavy atom. The van der Waals surface area contributed by atoms with Gasteiger partial charge in [-0.25, -0.2) is 35.9 Å². The van der Waals surface area contributed by atoms with Crippen LogP contribution >= 0.6 is 0 Å². The lowest BCUT2D eigenvalue weighted by Crippen LogP contribution is -2.72. The molecule has 16 unspecified atom stereocenters. The van der Waals surface area contributed by atoms with Crippen LogP contribution in [0.5, 0.6) is 0 Å². The summed E-state index contributed by atoms with van der Waals surface area (Å²) in [6.07, 6.45) is -93.5. The number of rotatable bonds is 34. The van der Waals surface area contributed by atoms with E-state index in [9.17, 15) is 178 Å². The Balaban J connectivity index is 1.08. The summed E-state index contributed by atoms with van der Waals surface area (Å²) >= 11 is 0. The topological polar surface area (TPSA) is 942 Å². The summed E-state index contributed by atoms with van der Waals surface area (Å²) in [7, 11) is -22.1. The molecule has 8 aliphatic heterocycles. The smallest absolute Gasteiger partial charge is 0.397 e. The van der Waals surface area contributed by atoms with E-state index >= 15 is 0 Å². The third-order valence-electron chi connectivity index (χ3n) is 18.9. The van der Waals surface area contributed by atoms with Crippen LogP contribution in [-0.4, -0.2) is 463 Å². The Kier molecular flexibility index (Phi) is 33.9. The second kappa shape index (κ2) is 40.8. The van der Waals surface area contributed by atoms with Gasteiger partial charge in [-0.2, -0.15) is 33.7 Å². The van der Waals surface area contributed by atoms with Crippen LogP contribution in [0.1, 0.15) is 27.7 Å². The van der Waals surface area contributed by atoms with Gasteiger partial charge in [-0.05, 0) is 0 Å². The fourth-order valence-corrected chi connectivity index (χ4v) is 14.8. The molecule has 65 heteroatoms. The Hall–Kier alpha value is -5.92. The average Bonchev–Trinajstić information content (AvgIpc) is 0.764. The highest BCUT2D eigenvalue weighted by molar-refractivity contribution is 7.81. The van der Waals surface area contributed by atoms with Gasteiger partial charge in [0.05, 0.1) is 26.4 Å². The molecule has 0 aromatic rings. The number of carbonyl (C=O) groups excluding carboxylic acids is 4. The van der Waals surface area contributed by atoms with Crippen molar-refractivity contribution in [3.05, 3.63) is 0 Å². The number of aliphatic carboxylic acids is 4. The van der Waals surface area contributed by atoms with Crippen molar-refractivity contribution in [2.75, 3.05) is 26.4 Å². The maximum Gasteiger partial charge on any atom is 0.397 e. The summed E-state index contributed by atoms with van der Waals surface area (Å²) in [6.45, 7) is -3.06. The Bertz CT molecular complexity index is 4100. The van der Waals surface area contributed by atoms with Crippen LogP contribution in [0.25, 0.3) is 0 Å². The molecule has 0 saturated carbocycles. The Labute approximate surface area is 677 Å². The summed E-state index contributed by atoms with van der Waals surface area (Å²) in [5.74, 6) is -13.5. The number of carbonyl (C=O) groups is 8. The summed E-state index contributed by atoms with van der Waals surface area (Å²) in [5, 5.41) is 210. The van der Waals surface area contributed by atoms with Crippen molar-refractivity contribution in [1.82, 2.24) is 21.3 Å². The predicted octanol–water partition coefficient (Wildman–Crippen LogP) is -18.2. The van der Waals surface area contributed by atoms with Gasteiger partial charge in [-0.15, -0.1) is 0 Å². The van der Waals surface area contributed by atoms with Crippen molar-refractivity contribution in [3.8, 4) is 0 Å². The van der Waals surface area contributed by atoms with Crippen molar-refractivity contribution >= 4 is 89.1 Å². The minimum Gasteiger partial charge on any atom is -0.479 e. The first-order valence-electron chi connectivity index (χ1n) is 34.7. The molecule has 0 spiro atoms. The first-order chi connectivity index (χ1) is 55.9. The SMILES string of the molecule is CC(=O)NC1[C@H](O[C@@H]2C(C(=O)O)O[C@@H](O[C@@H]3C(NC(C)=O)[C@H](O[C@@H]4C(C(=O)O)O[C@@H](O[C@@H]5C(NC(C)=O)[C@H](O[C@@H]6C(C(=O)O)O[C@@H](O[C@@H]7C(NC(C)=O)[C@H](O)OC(COS(=O)(=O)O)[C@@H]7O)C(O)[C@H]6O)OC(COS(=O)(=O)O)[C@@H]5O)C(O)[C@H]4O)OC(COS(=O)(=O)O)[C@@H]3O)C(O)[C@H]2O)OC(COS(=O)(=O)O)[C@H](O)[C@@H]1O[C@@H]1OC(C(=O)O)[C@@H](O)[C@H](O)C1O. The molecule has 61 nitrogen and oxygen atoms in total. The zero-order chi connectivity index (χ0) is 90.8. The quantitative estimate of drug-likeness (QED) is 0.0266. The van der Waals surface area contributed by atoms with Crippen LogP contribution in [-0.2, 0) is 168 Å². The molecule has 8 fully saturated rings. The van der Waals surface area contributed by atoms with E-state index in [2.05, 4.69) is 38.0 Å². The standard InChI is InChI=1S/C56H86N4O57S4/c1-9(61)57-17-34(21(65)13(103-49(17)86)5-99-118(87,88)89)107-54-31(75)27(71)38(42(115-54)46(80)81)111-51-19(59-11(3)63)36(23(67)15(105-51)7-101-120(93,94)95)109-56-33(77)29(73)40(44(117-56)48(84)85)113-52-20(60-12(4)64)37(24(68)16(106-52)8-102-121(96,97)98)110-55-32(76)28(72)39(43(116-55)47(82)83)112-50-18(58-10(2)62)35(22(66)14(104-50)6-100-119(90,91)92)108-53-30(74)25(69)26(70)41(114-53)45(78)79/h13-44,49-56,65-77,86H,5-8H2,1-4H3,(H,57,61)(H,58,62)(H,59,63)(H,60,64)(H,78,79)(H,80,81)(H,82,83)(H,84,85)(H,87,88,89)(H,90,91,92)(H,93,94,95)(H,96,97,98)/t13?,14?,15?,16?,17?,18?,19?,20?,21-,22-,23-,24-,25-,26-,27+,28+,29+,30?,31?,32?,33?,34+,35+,36+,37+,38-,39-,40-,41?,42?,43?,44?,49+,50-,51-,52-,53+,54+,55+,56+/m0/s1. The van der Waals surface area contributed by atoms with Gasteiger partial charge in [-0.1, -0.05) is 0 Å². The van der Waals surface area contributed by atoms with Crippen LogP contribution in [0.3, 0.4) is 0 Å². The van der Waals surface area contributed by atoms with Crippen molar-refractivity contribution in [1.29, 1.82) is 0 Å². The molecule has 4 amide bonds. The molecule has 0 aliphatic carbocycles. The highest BCUT2D eigenvalue weighted by Crippen LogP contribution is 2.40. The number of amides is 4. The van der Waals surface area contributed by atoms with E-state index in [1.165, 1.54) is 0 Å². The van der Waals surface area contributed by atoms with Crippen molar-refractivity contribution in [2.45, 2.75) is 273 Å². The second-order valence-electron chi connectivity index (χ2n) is 27.6. The normalized spacial score (nSPS) is 42.7. The molecule has 26 N–H and O–H groups in total. The first kappa shape index (κ1) is 100. The summed E-state index contributed by atoms with van der Waals surface area (Å²) < 4.78 is 233. The summed E-state index contributed by atoms with van der Waals surface area (Å²) in [4.78, 5) is 103. The fraction of sp³-hybridized carbons (Fsp3) is 0.857. The Morgan fingerprint density at radius 1 is 0.256 bits per heavy atom. The largest absolute Gasteiger partial charge is 0.479 e. The first-order valence-corrected chi connectivity index (χ1v) is 40.2. The molecule has 0 aromatic heterocycles. The third-order valence-corrected chi connectivity index (χ3v) is 20.7. The molecule has 121 heavy (non-hydrogen) atoms. The number of hydrogen-bond acceptors (Lipinski definition) is 49. The number of nitrogens with one attached hydrogen (secondary N) is 4. The van der Waals surface area contributed by atoms with Crippen LogP contribution in [0.15, 0.2) is 0 Å². The van der Waals surface area contributed by atoms with E-state index < -0.39 is 361 Å². The molecule has 8 saturated heterocycles. The Morgan fingerprint density at radius 2 is 0.463 bits per heavy atom. The minimum absolute atomic E-state index is 0.685. The zero-order valence-electron chi connectivity index (χ0n) is 61.7. The lowest BCUT2D eigenvalue weighted by atomic mass is 9.93. The van der Waals surface area contributed by atoms with E-state index in [1.54, 1.807) is 0 Å². The monoisotopic (exact) mass is 1850 g/mol. The van der Waals surface area contributed by atoms with Gasteiger partial charge in [0.1, 0.15) is 171 Å². The zero-order valence-corrected chi connectivity index (χ0v) is 64.9. The average molecular weight is 1860 g/mol. The minimum atomic E-state index is -5.66. The number of carboxylic acid groups (broad SMARTS) is 4. The molecule has 8 heterocycles. The van der Waals surface area contributed by atoms with Gasteiger partial charge >= 0.3 is 65.5 Å². The number of carboxylic acids is 4. The number of aliphatic hydroxyl groups is 14.